The average Bonchev–Trinajstić information content (AvgIpc) is 3.13. The minimum absolute atomic E-state index is 0.0356. The van der Waals surface area contributed by atoms with Gasteiger partial charge in [-0.15, -0.1) is 0 Å². The number of aromatic amines is 1. The van der Waals surface area contributed by atoms with Gasteiger partial charge in [-0.25, -0.2) is 0 Å². The van der Waals surface area contributed by atoms with Crippen LogP contribution in [0.3, 0.4) is 0 Å². The Bertz CT molecular complexity index is 691. The summed E-state index contributed by atoms with van der Waals surface area (Å²) in [6.45, 7) is 1.14. The van der Waals surface area contributed by atoms with Crippen LogP contribution in [0.4, 0.5) is 5.69 Å². The molecule has 1 aliphatic heterocycles. The molecule has 1 fully saturated rings. The van der Waals surface area contributed by atoms with Crippen molar-refractivity contribution >= 4 is 22.5 Å². The molecule has 1 aromatic heterocycles. The number of aromatic nitrogens is 2. The zero-order valence-electron chi connectivity index (χ0n) is 11.2. The summed E-state index contributed by atoms with van der Waals surface area (Å²) >= 11 is 0. The van der Waals surface area contributed by atoms with E-state index in [1.807, 2.05) is 0 Å². The van der Waals surface area contributed by atoms with Gasteiger partial charge < -0.3 is 10.1 Å². The lowest BCUT2D eigenvalue weighted by molar-refractivity contribution is -0.384. The first kappa shape index (κ1) is 13.5. The molecule has 0 saturated carbocycles. The van der Waals surface area contributed by atoms with Crippen LogP contribution in [-0.4, -0.2) is 40.3 Å². The van der Waals surface area contributed by atoms with Gasteiger partial charge in [0.25, 0.3) is 11.6 Å². The normalized spacial score (nSPS) is 18.0. The first-order valence-electron chi connectivity index (χ1n) is 6.67. The number of hydrogen-bond acceptors (Lipinski definition) is 5. The Labute approximate surface area is 119 Å². The zero-order chi connectivity index (χ0) is 14.8. The molecule has 1 saturated heterocycles. The summed E-state index contributed by atoms with van der Waals surface area (Å²) in [5, 5.41) is 20.6. The number of carbonyl (C=O) groups excluding carboxylic acids is 1. The highest BCUT2D eigenvalue weighted by atomic mass is 16.6. The maximum atomic E-state index is 12.1. The van der Waals surface area contributed by atoms with Gasteiger partial charge in [-0.1, -0.05) is 0 Å². The standard InChI is InChI=1S/C13H14N4O4/c18-13(14-7-9-2-1-5-21-9)12-10-6-8(17(19)20)3-4-11(10)15-16-12/h3-4,6,9H,1-2,5,7H2,(H,14,18)(H,15,16)/t9-/m0/s1. The van der Waals surface area contributed by atoms with Crippen molar-refractivity contribution in [2.75, 3.05) is 13.2 Å². The zero-order valence-corrected chi connectivity index (χ0v) is 11.2. The van der Waals surface area contributed by atoms with Crippen molar-refractivity contribution in [3.63, 3.8) is 0 Å². The summed E-state index contributed by atoms with van der Waals surface area (Å²) in [5.41, 5.74) is 0.673. The van der Waals surface area contributed by atoms with E-state index in [4.69, 9.17) is 4.74 Å². The van der Waals surface area contributed by atoms with Crippen molar-refractivity contribution in [3.8, 4) is 0 Å². The van der Waals surface area contributed by atoms with Crippen LogP contribution in [0, 0.1) is 10.1 Å². The second kappa shape index (κ2) is 5.49. The molecule has 1 aliphatic rings. The first-order valence-corrected chi connectivity index (χ1v) is 6.67. The summed E-state index contributed by atoms with van der Waals surface area (Å²) < 4.78 is 5.43. The van der Waals surface area contributed by atoms with E-state index < -0.39 is 4.92 Å². The molecule has 2 N–H and O–H groups in total. The Balaban J connectivity index is 1.80. The molecule has 0 radical (unpaired) electrons. The fourth-order valence-electron chi connectivity index (χ4n) is 2.38. The number of ether oxygens (including phenoxy) is 1. The predicted molar refractivity (Wildman–Crippen MR) is 74.1 cm³/mol. The molecule has 0 aliphatic carbocycles. The second-order valence-electron chi connectivity index (χ2n) is 4.90. The summed E-state index contributed by atoms with van der Waals surface area (Å²) in [6, 6.07) is 4.26. The summed E-state index contributed by atoms with van der Waals surface area (Å²) in [4.78, 5) is 22.4. The minimum atomic E-state index is -0.500. The van der Waals surface area contributed by atoms with Gasteiger partial charge in [0, 0.05) is 30.7 Å². The van der Waals surface area contributed by atoms with Crippen molar-refractivity contribution in [1.82, 2.24) is 15.5 Å². The molecular weight excluding hydrogens is 276 g/mol. The van der Waals surface area contributed by atoms with Crippen molar-refractivity contribution in [2.45, 2.75) is 18.9 Å². The van der Waals surface area contributed by atoms with Crippen LogP contribution in [0.1, 0.15) is 23.3 Å². The Kier molecular flexibility index (Phi) is 3.53. The molecule has 0 bridgehead atoms. The lowest BCUT2D eigenvalue weighted by Crippen LogP contribution is -2.32. The third-order valence-corrected chi connectivity index (χ3v) is 3.49. The molecule has 1 aromatic carbocycles. The molecule has 110 valence electrons. The first-order chi connectivity index (χ1) is 10.1. The third-order valence-electron chi connectivity index (χ3n) is 3.49. The van der Waals surface area contributed by atoms with Crippen LogP contribution < -0.4 is 5.32 Å². The van der Waals surface area contributed by atoms with Crippen molar-refractivity contribution < 1.29 is 14.5 Å². The summed E-state index contributed by atoms with van der Waals surface area (Å²) in [7, 11) is 0. The van der Waals surface area contributed by atoms with E-state index in [0.717, 1.165) is 19.4 Å². The largest absolute Gasteiger partial charge is 0.376 e. The van der Waals surface area contributed by atoms with Crippen LogP contribution in [0.2, 0.25) is 0 Å². The molecule has 21 heavy (non-hydrogen) atoms. The molecular formula is C13H14N4O4. The van der Waals surface area contributed by atoms with Gasteiger partial charge >= 0.3 is 0 Å². The van der Waals surface area contributed by atoms with E-state index in [-0.39, 0.29) is 23.4 Å². The molecule has 2 heterocycles. The van der Waals surface area contributed by atoms with E-state index in [1.54, 1.807) is 0 Å². The van der Waals surface area contributed by atoms with Gasteiger partial charge in [-0.05, 0) is 18.9 Å². The van der Waals surface area contributed by atoms with E-state index in [1.165, 1.54) is 18.2 Å². The number of non-ortho nitro benzene ring substituents is 1. The Morgan fingerprint density at radius 1 is 1.57 bits per heavy atom. The molecule has 2 aromatic rings. The number of nitrogens with zero attached hydrogens (tertiary/aromatic N) is 2. The SMILES string of the molecule is O=C(NC[C@@H]1CCCO1)c1n[nH]c2ccc([N+](=O)[O-])cc12. The van der Waals surface area contributed by atoms with Gasteiger partial charge in [0.1, 0.15) is 0 Å². The van der Waals surface area contributed by atoms with Crippen molar-refractivity contribution in [2.24, 2.45) is 0 Å². The summed E-state index contributed by atoms with van der Waals surface area (Å²) in [5.74, 6) is -0.364. The average molecular weight is 290 g/mol. The Hall–Kier alpha value is -2.48. The number of nitrogens with one attached hydrogen (secondary N) is 2. The number of carbonyl (C=O) groups is 1. The lowest BCUT2D eigenvalue weighted by Gasteiger charge is -2.09. The molecule has 0 unspecified atom stereocenters. The second-order valence-corrected chi connectivity index (χ2v) is 4.90. The molecule has 1 atom stereocenters. The topological polar surface area (TPSA) is 110 Å². The number of H-pyrrole nitrogens is 1. The number of nitro groups is 1. The monoisotopic (exact) mass is 290 g/mol. The van der Waals surface area contributed by atoms with Gasteiger partial charge in [0.2, 0.25) is 0 Å². The van der Waals surface area contributed by atoms with Gasteiger partial charge in [0.15, 0.2) is 5.69 Å². The molecule has 8 nitrogen and oxygen atoms in total. The van der Waals surface area contributed by atoms with Crippen LogP contribution in [0.5, 0.6) is 0 Å². The van der Waals surface area contributed by atoms with Crippen LogP contribution in [-0.2, 0) is 4.74 Å². The van der Waals surface area contributed by atoms with Crippen LogP contribution >= 0.6 is 0 Å². The smallest absolute Gasteiger partial charge is 0.272 e. The summed E-state index contributed by atoms with van der Waals surface area (Å²) in [6.07, 6.45) is 1.96. The molecule has 8 heteroatoms. The van der Waals surface area contributed by atoms with E-state index >= 15 is 0 Å². The van der Waals surface area contributed by atoms with Gasteiger partial charge in [-0.3, -0.25) is 20.0 Å². The minimum Gasteiger partial charge on any atom is -0.376 e. The number of fused-ring (bicyclic) bond motifs is 1. The van der Waals surface area contributed by atoms with E-state index in [0.29, 0.717) is 17.4 Å². The van der Waals surface area contributed by atoms with E-state index in [9.17, 15) is 14.9 Å². The Morgan fingerprint density at radius 2 is 2.43 bits per heavy atom. The highest BCUT2D eigenvalue weighted by Gasteiger charge is 2.20. The number of rotatable bonds is 4. The number of amides is 1. The number of nitro benzene ring substituents is 1. The fraction of sp³-hybridized carbons (Fsp3) is 0.385. The van der Waals surface area contributed by atoms with Crippen LogP contribution in [0.25, 0.3) is 10.9 Å². The molecule has 1 amide bonds. The highest BCUT2D eigenvalue weighted by molar-refractivity contribution is 6.05. The quantitative estimate of drug-likeness (QED) is 0.653. The Morgan fingerprint density at radius 3 is 3.14 bits per heavy atom. The maximum Gasteiger partial charge on any atom is 0.272 e. The van der Waals surface area contributed by atoms with Gasteiger partial charge in [-0.2, -0.15) is 5.10 Å². The maximum absolute atomic E-state index is 12.1. The van der Waals surface area contributed by atoms with Crippen molar-refractivity contribution in [3.05, 3.63) is 34.0 Å². The van der Waals surface area contributed by atoms with Gasteiger partial charge in [0.05, 0.1) is 16.5 Å². The lowest BCUT2D eigenvalue weighted by atomic mass is 10.2. The predicted octanol–water partition coefficient (Wildman–Crippen LogP) is 1.38. The highest BCUT2D eigenvalue weighted by Crippen LogP contribution is 2.22. The third kappa shape index (κ3) is 2.70. The number of benzene rings is 1. The van der Waals surface area contributed by atoms with Crippen LogP contribution in [0.15, 0.2) is 18.2 Å². The van der Waals surface area contributed by atoms with E-state index in [2.05, 4.69) is 15.5 Å². The fourth-order valence-corrected chi connectivity index (χ4v) is 2.38. The van der Waals surface area contributed by atoms with Crippen molar-refractivity contribution in [1.29, 1.82) is 0 Å². The molecule has 3 rings (SSSR count). The molecule has 0 spiro atoms. The number of hydrogen-bond donors (Lipinski definition) is 2.